The van der Waals surface area contributed by atoms with E-state index in [4.69, 9.17) is 22.1 Å². The molecule has 2 aliphatic carbocycles. The number of halogens is 1. The number of amides is 1. The summed E-state index contributed by atoms with van der Waals surface area (Å²) in [7, 11) is 0. The summed E-state index contributed by atoms with van der Waals surface area (Å²) < 4.78 is 6.01. The molecule has 2 fully saturated rings. The highest BCUT2D eigenvalue weighted by molar-refractivity contribution is 6.33. The molecule has 0 bridgehead atoms. The van der Waals surface area contributed by atoms with Crippen LogP contribution in [-0.2, 0) is 4.79 Å². The Balaban J connectivity index is 1.23. The Morgan fingerprint density at radius 1 is 1.06 bits per heavy atom. The van der Waals surface area contributed by atoms with Crippen molar-refractivity contribution in [2.24, 2.45) is 5.92 Å². The van der Waals surface area contributed by atoms with Crippen LogP contribution in [0.25, 0.3) is 0 Å². The molecule has 0 spiro atoms. The lowest BCUT2D eigenvalue weighted by Gasteiger charge is -2.29. The Hall–Kier alpha value is -3.11. The van der Waals surface area contributed by atoms with Gasteiger partial charge in [0.25, 0.3) is 5.91 Å². The van der Waals surface area contributed by atoms with Gasteiger partial charge in [-0.05, 0) is 68.7 Å². The maximum absolute atomic E-state index is 12.6. The molecule has 1 heterocycles. The van der Waals surface area contributed by atoms with Gasteiger partial charge in [0.15, 0.2) is 5.69 Å². The van der Waals surface area contributed by atoms with Gasteiger partial charge < -0.3 is 15.8 Å². The van der Waals surface area contributed by atoms with E-state index in [-0.39, 0.29) is 29.7 Å². The van der Waals surface area contributed by atoms with Crippen molar-refractivity contribution >= 4 is 29.0 Å². The number of carbonyl (C=O) groups is 2. The minimum Gasteiger partial charge on any atom is -0.490 e. The normalized spacial score (nSPS) is 21.1. The van der Waals surface area contributed by atoms with Crippen molar-refractivity contribution in [2.75, 3.05) is 5.73 Å². The van der Waals surface area contributed by atoms with E-state index >= 15 is 0 Å². The topological polar surface area (TPSA) is 107 Å². The highest BCUT2D eigenvalue weighted by Crippen LogP contribution is 2.28. The number of hydrogen-bond donors (Lipinski definition) is 2. The van der Waals surface area contributed by atoms with Gasteiger partial charge in [-0.1, -0.05) is 17.5 Å². The number of hydrogen-bond acceptors (Lipinski definition) is 6. The molecule has 8 heteroatoms. The van der Waals surface area contributed by atoms with E-state index < -0.39 is 0 Å². The number of nitrogen functional groups attached to an aromatic ring is 1. The molecule has 1 aromatic carbocycles. The van der Waals surface area contributed by atoms with Crippen molar-refractivity contribution in [1.82, 2.24) is 15.5 Å². The van der Waals surface area contributed by atoms with Gasteiger partial charge in [-0.25, -0.2) is 0 Å². The second-order valence-electron chi connectivity index (χ2n) is 8.63. The van der Waals surface area contributed by atoms with Gasteiger partial charge in [0, 0.05) is 30.9 Å². The first-order chi connectivity index (χ1) is 16.0. The molecule has 0 saturated heterocycles. The molecule has 0 atom stereocenters. The lowest BCUT2D eigenvalue weighted by Crippen LogP contribution is -2.40. The van der Waals surface area contributed by atoms with E-state index in [1.165, 1.54) is 0 Å². The van der Waals surface area contributed by atoms with E-state index in [1.54, 1.807) is 24.3 Å². The summed E-state index contributed by atoms with van der Waals surface area (Å²) in [5, 5.41) is 11.6. The quantitative estimate of drug-likeness (QED) is 0.522. The molecule has 0 radical (unpaired) electrons. The third-order valence-corrected chi connectivity index (χ3v) is 6.46. The number of ether oxygens (including phenoxy) is 1. The molecule has 2 aromatic rings. The number of Topliss-reactive ketones (excluding diaryl/α,β-unsaturated/α-hetero) is 1. The Labute approximate surface area is 198 Å². The van der Waals surface area contributed by atoms with Gasteiger partial charge in [-0.3, -0.25) is 9.59 Å². The van der Waals surface area contributed by atoms with E-state index in [0.29, 0.717) is 40.8 Å². The average Bonchev–Trinajstić information content (AvgIpc) is 2.83. The largest absolute Gasteiger partial charge is 0.490 e. The second kappa shape index (κ2) is 10.7. The van der Waals surface area contributed by atoms with Crippen molar-refractivity contribution < 1.29 is 14.3 Å². The Bertz CT molecular complexity index is 1060. The summed E-state index contributed by atoms with van der Waals surface area (Å²) in [6.07, 6.45) is 6.21. The predicted octanol–water partition coefficient (Wildman–Crippen LogP) is 3.94. The van der Waals surface area contributed by atoms with Crippen molar-refractivity contribution in [3.05, 3.63) is 46.7 Å². The number of carbonyl (C=O) groups excluding carboxylic acids is 2. The fraction of sp³-hybridized carbons (Fsp3) is 0.440. The van der Waals surface area contributed by atoms with E-state index in [9.17, 15) is 9.59 Å². The van der Waals surface area contributed by atoms with Crippen LogP contribution in [0.4, 0.5) is 5.69 Å². The first kappa shape index (κ1) is 23.1. The summed E-state index contributed by atoms with van der Waals surface area (Å²) in [6, 6.07) is 8.72. The zero-order valence-electron chi connectivity index (χ0n) is 18.4. The average molecular weight is 467 g/mol. The first-order valence-corrected chi connectivity index (χ1v) is 11.7. The van der Waals surface area contributed by atoms with Gasteiger partial charge in [0.2, 0.25) is 0 Å². The number of nitrogens with one attached hydrogen (secondary N) is 1. The third kappa shape index (κ3) is 6.45. The molecule has 0 unspecified atom stereocenters. The van der Waals surface area contributed by atoms with E-state index in [2.05, 4.69) is 27.4 Å². The lowest BCUT2D eigenvalue weighted by atomic mass is 9.89. The van der Waals surface area contributed by atoms with Crippen LogP contribution < -0.4 is 15.8 Å². The predicted molar refractivity (Wildman–Crippen MR) is 126 cm³/mol. The summed E-state index contributed by atoms with van der Waals surface area (Å²) in [6.45, 7) is 0. The summed E-state index contributed by atoms with van der Waals surface area (Å²) >= 11 is 6.06. The molecular formula is C25H27ClN4O3. The summed E-state index contributed by atoms with van der Waals surface area (Å²) in [5.74, 6) is 7.19. The molecule has 2 saturated carbocycles. The number of aromatic nitrogens is 2. The maximum Gasteiger partial charge on any atom is 0.272 e. The van der Waals surface area contributed by atoms with Gasteiger partial charge in [-0.2, -0.15) is 0 Å². The molecule has 0 aliphatic heterocycles. The van der Waals surface area contributed by atoms with Crippen molar-refractivity contribution in [1.29, 1.82) is 0 Å². The molecule has 2 aliphatic rings. The molecule has 172 valence electrons. The van der Waals surface area contributed by atoms with Crippen LogP contribution in [-0.4, -0.2) is 34.0 Å². The van der Waals surface area contributed by atoms with E-state index in [1.807, 2.05) is 6.07 Å². The van der Waals surface area contributed by atoms with Crippen LogP contribution in [0.2, 0.25) is 5.02 Å². The van der Waals surface area contributed by atoms with Crippen LogP contribution in [0.5, 0.6) is 5.75 Å². The van der Waals surface area contributed by atoms with Crippen LogP contribution in [0.1, 0.15) is 67.5 Å². The number of benzene rings is 1. The molecule has 33 heavy (non-hydrogen) atoms. The van der Waals surface area contributed by atoms with Crippen molar-refractivity contribution in [2.45, 2.75) is 63.5 Å². The molecule has 1 aromatic heterocycles. The van der Waals surface area contributed by atoms with Gasteiger partial charge >= 0.3 is 0 Å². The molecule has 4 rings (SSSR count). The fourth-order valence-electron chi connectivity index (χ4n) is 4.14. The summed E-state index contributed by atoms with van der Waals surface area (Å²) in [4.78, 5) is 23.9. The highest BCUT2D eigenvalue weighted by atomic mass is 35.5. The highest BCUT2D eigenvalue weighted by Gasteiger charge is 2.24. The number of nitrogens with two attached hydrogens (primary N) is 1. The number of anilines is 1. The number of rotatable bonds is 4. The monoisotopic (exact) mass is 466 g/mol. The van der Waals surface area contributed by atoms with Crippen LogP contribution >= 0.6 is 11.6 Å². The first-order valence-electron chi connectivity index (χ1n) is 11.4. The molecule has 3 N–H and O–H groups in total. The van der Waals surface area contributed by atoms with Crippen LogP contribution in [0.15, 0.2) is 30.3 Å². The van der Waals surface area contributed by atoms with Crippen molar-refractivity contribution in [3.63, 3.8) is 0 Å². The smallest absolute Gasteiger partial charge is 0.272 e. The minimum atomic E-state index is -0.234. The minimum absolute atomic E-state index is 0.0719. The number of nitrogens with zero attached hydrogens (tertiary/aromatic N) is 2. The van der Waals surface area contributed by atoms with Crippen molar-refractivity contribution in [3.8, 4) is 17.6 Å². The van der Waals surface area contributed by atoms with Crippen LogP contribution in [0, 0.1) is 17.8 Å². The van der Waals surface area contributed by atoms with E-state index in [0.717, 1.165) is 38.5 Å². The van der Waals surface area contributed by atoms with Crippen LogP contribution in [0.3, 0.4) is 0 Å². The number of ketones is 1. The Morgan fingerprint density at radius 2 is 1.82 bits per heavy atom. The zero-order valence-corrected chi connectivity index (χ0v) is 19.1. The maximum atomic E-state index is 12.6. The van der Waals surface area contributed by atoms with Gasteiger partial charge in [0.1, 0.15) is 17.2 Å². The molecular weight excluding hydrogens is 440 g/mol. The van der Waals surface area contributed by atoms with Gasteiger partial charge in [0.05, 0.1) is 16.8 Å². The van der Waals surface area contributed by atoms with Gasteiger partial charge in [-0.15, -0.1) is 10.2 Å². The fourth-order valence-corrected chi connectivity index (χ4v) is 4.31. The zero-order chi connectivity index (χ0) is 23.2. The molecule has 1 amide bonds. The second-order valence-corrected chi connectivity index (χ2v) is 9.04. The Kier molecular flexibility index (Phi) is 7.46. The lowest BCUT2D eigenvalue weighted by molar-refractivity contribution is -0.120. The standard InChI is InChI=1S/C25H27ClN4O3/c26-22-15-21(12-13-23(22)27)33-20-10-5-17(6-11-20)28-25(32)24-14-7-18(29-30-24)4-1-16-2-8-19(31)9-3-16/h7,12-17,20H,2-3,5-6,8-11,27H2,(H,28,32). The SMILES string of the molecule is Nc1ccc(OC2CCC(NC(=O)c3ccc(C#CC4CCC(=O)CC4)nn3)CC2)cc1Cl. The third-order valence-electron chi connectivity index (χ3n) is 6.13. The summed E-state index contributed by atoms with van der Waals surface area (Å²) in [5.41, 5.74) is 7.07. The Morgan fingerprint density at radius 3 is 2.48 bits per heavy atom. The molecule has 7 nitrogen and oxygen atoms in total.